The van der Waals surface area contributed by atoms with Crippen LogP contribution < -0.4 is 0 Å². The first-order valence-corrected chi connectivity index (χ1v) is 4.23. The molecule has 0 bridgehead atoms. The van der Waals surface area contributed by atoms with Crippen LogP contribution in [0.3, 0.4) is 0 Å². The maximum atomic E-state index is 11.2. The van der Waals surface area contributed by atoms with Crippen molar-refractivity contribution >= 4 is 19.0 Å². The summed E-state index contributed by atoms with van der Waals surface area (Å²) < 4.78 is 19.7. The zero-order valence-electron chi connectivity index (χ0n) is 6.42. The summed E-state index contributed by atoms with van der Waals surface area (Å²) in [6, 6.07) is 0. The molecule has 0 aliphatic heterocycles. The number of carboxylic acids is 1. The highest BCUT2D eigenvalue weighted by molar-refractivity contribution is 7.75. The second kappa shape index (κ2) is 4.20. The average Bonchev–Trinajstić information content (AvgIpc) is 2.04. The lowest BCUT2D eigenvalue weighted by Gasteiger charge is -2.10. The summed E-state index contributed by atoms with van der Waals surface area (Å²) in [5.74, 6) is -1.66. The molecule has 0 saturated carbocycles. The maximum Gasteiger partial charge on any atom is 0.390 e. The third kappa shape index (κ3) is 2.04. The van der Waals surface area contributed by atoms with E-state index in [4.69, 9.17) is 10.3 Å². The van der Waals surface area contributed by atoms with Gasteiger partial charge in [0.2, 0.25) is 0 Å². The van der Waals surface area contributed by atoms with Gasteiger partial charge < -0.3 is 19.4 Å². The molecule has 0 atom stereocenters. The van der Waals surface area contributed by atoms with Crippen molar-refractivity contribution in [2.75, 3.05) is 14.2 Å². The smallest absolute Gasteiger partial charge is 0.390 e. The van der Waals surface area contributed by atoms with E-state index in [0.29, 0.717) is 0 Å². The van der Waals surface area contributed by atoms with Gasteiger partial charge in [0.25, 0.3) is 5.45 Å². The van der Waals surface area contributed by atoms with Crippen molar-refractivity contribution in [1.82, 2.24) is 0 Å². The summed E-state index contributed by atoms with van der Waals surface area (Å²) in [5.41, 5.74) is -1.05. The minimum atomic E-state index is -3.95. The Balaban J connectivity index is 4.97. The Morgan fingerprint density at radius 3 is 1.92 bits per heavy atom. The topological polar surface area (TPSA) is 105 Å². The Morgan fingerprint density at radius 1 is 1.42 bits per heavy atom. The highest BCUT2D eigenvalue weighted by Crippen LogP contribution is 2.47. The van der Waals surface area contributed by atoms with Crippen molar-refractivity contribution in [3.05, 3.63) is 0 Å². The van der Waals surface area contributed by atoms with Crippen LogP contribution in [0.2, 0.25) is 0 Å². The molecule has 0 rings (SSSR count). The number of oxime groups is 1. The van der Waals surface area contributed by atoms with Crippen molar-refractivity contribution in [1.29, 1.82) is 0 Å². The van der Waals surface area contributed by atoms with Crippen LogP contribution in [0, 0.1) is 0 Å². The van der Waals surface area contributed by atoms with Crippen molar-refractivity contribution in [2.45, 2.75) is 0 Å². The van der Waals surface area contributed by atoms with Gasteiger partial charge in [0.05, 0.1) is 0 Å². The molecule has 12 heavy (non-hydrogen) atoms. The molecule has 7 nitrogen and oxygen atoms in total. The highest BCUT2D eigenvalue weighted by atomic mass is 31.2. The Labute approximate surface area is 68.1 Å². The molecule has 0 saturated heterocycles. The first kappa shape index (κ1) is 11.1. The molecule has 0 radical (unpaired) electrons. The summed E-state index contributed by atoms with van der Waals surface area (Å²) in [6.45, 7) is 0. The number of carboxylic acid groups (broad SMARTS) is 1. The summed E-state index contributed by atoms with van der Waals surface area (Å²) >= 11 is 0. The zero-order valence-corrected chi connectivity index (χ0v) is 7.32. The largest absolute Gasteiger partial charge is 0.476 e. The summed E-state index contributed by atoms with van der Waals surface area (Å²) in [7, 11) is -1.98. The van der Waals surface area contributed by atoms with Gasteiger partial charge in [-0.2, -0.15) is 0 Å². The van der Waals surface area contributed by atoms with Crippen LogP contribution in [0.1, 0.15) is 0 Å². The normalized spacial score (nSPS) is 13.0. The van der Waals surface area contributed by atoms with E-state index >= 15 is 0 Å². The van der Waals surface area contributed by atoms with Crippen LogP contribution in [0.15, 0.2) is 5.16 Å². The molecule has 0 amide bonds. The average molecular weight is 197 g/mol. The number of carbonyl (C=O) groups is 1. The highest BCUT2D eigenvalue weighted by Gasteiger charge is 2.36. The lowest BCUT2D eigenvalue weighted by atomic mass is 10.8. The number of hydrogen-bond donors (Lipinski definition) is 2. The van der Waals surface area contributed by atoms with Crippen molar-refractivity contribution in [2.24, 2.45) is 5.16 Å². The second-order valence-corrected chi connectivity index (χ2v) is 3.74. The molecule has 0 aromatic carbocycles. The van der Waals surface area contributed by atoms with Gasteiger partial charge in [-0.3, -0.25) is 4.57 Å². The van der Waals surface area contributed by atoms with Crippen LogP contribution in [-0.2, 0) is 18.4 Å². The fraction of sp³-hybridized carbons (Fsp3) is 0.500. The molecule has 8 heteroatoms. The molecule has 0 unspecified atom stereocenters. The molecule has 0 aliphatic rings. The number of hydrogen-bond acceptors (Lipinski definition) is 6. The van der Waals surface area contributed by atoms with Crippen molar-refractivity contribution < 1.29 is 28.7 Å². The molecule has 0 aromatic heterocycles. The van der Waals surface area contributed by atoms with Gasteiger partial charge in [-0.25, -0.2) is 4.79 Å². The fourth-order valence-electron chi connectivity index (χ4n) is 0.462. The summed E-state index contributed by atoms with van der Waals surface area (Å²) in [5, 5.41) is 18.8. The van der Waals surface area contributed by atoms with Gasteiger partial charge in [-0.15, -0.1) is 0 Å². The van der Waals surface area contributed by atoms with E-state index in [1.165, 1.54) is 0 Å². The minimum absolute atomic E-state index is 0.985. The molecule has 70 valence electrons. The SMILES string of the molecule is COP(=O)(OC)C(=NO)C(=O)O. The Kier molecular flexibility index (Phi) is 3.88. The molecule has 0 heterocycles. The van der Waals surface area contributed by atoms with E-state index < -0.39 is 19.0 Å². The monoisotopic (exact) mass is 197 g/mol. The van der Waals surface area contributed by atoms with Gasteiger partial charge in [0, 0.05) is 14.2 Å². The maximum absolute atomic E-state index is 11.2. The van der Waals surface area contributed by atoms with Gasteiger partial charge in [-0.1, -0.05) is 5.16 Å². The second-order valence-electron chi connectivity index (χ2n) is 1.59. The zero-order chi connectivity index (χ0) is 9.78. The summed E-state index contributed by atoms with van der Waals surface area (Å²) in [6.07, 6.45) is 0. The summed E-state index contributed by atoms with van der Waals surface area (Å²) in [4.78, 5) is 10.3. The molecule has 0 aromatic rings. The molecular weight excluding hydrogens is 189 g/mol. The van der Waals surface area contributed by atoms with Gasteiger partial charge >= 0.3 is 13.6 Å². The molecule has 0 aliphatic carbocycles. The van der Waals surface area contributed by atoms with Crippen LogP contribution in [0.4, 0.5) is 0 Å². The van der Waals surface area contributed by atoms with Gasteiger partial charge in [0.1, 0.15) is 0 Å². The van der Waals surface area contributed by atoms with Crippen LogP contribution in [0.5, 0.6) is 0 Å². The molecule has 2 N–H and O–H groups in total. The molecular formula is C4H8NO6P. The van der Waals surface area contributed by atoms with E-state index in [9.17, 15) is 9.36 Å². The van der Waals surface area contributed by atoms with E-state index in [0.717, 1.165) is 14.2 Å². The predicted molar refractivity (Wildman–Crippen MR) is 38.5 cm³/mol. The van der Waals surface area contributed by atoms with Crippen LogP contribution >= 0.6 is 7.60 Å². The first-order chi connectivity index (χ1) is 5.51. The van der Waals surface area contributed by atoms with E-state index in [1.807, 2.05) is 0 Å². The first-order valence-electron chi connectivity index (χ1n) is 2.69. The van der Waals surface area contributed by atoms with E-state index in [1.54, 1.807) is 0 Å². The van der Waals surface area contributed by atoms with Crippen LogP contribution in [-0.4, -0.2) is 36.0 Å². The minimum Gasteiger partial charge on any atom is -0.476 e. The standard InChI is InChI=1S/C4H8NO6P/c1-10-12(9,11-2)3(5-8)4(6)7/h8H,1-2H3,(H,6,7). The lowest BCUT2D eigenvalue weighted by Crippen LogP contribution is -2.15. The Hall–Kier alpha value is -0.910. The van der Waals surface area contributed by atoms with Crippen LogP contribution in [0.25, 0.3) is 0 Å². The lowest BCUT2D eigenvalue weighted by molar-refractivity contribution is -0.129. The van der Waals surface area contributed by atoms with Crippen molar-refractivity contribution in [3.63, 3.8) is 0 Å². The van der Waals surface area contributed by atoms with E-state index in [2.05, 4.69) is 14.2 Å². The molecule has 0 spiro atoms. The van der Waals surface area contributed by atoms with Gasteiger partial charge in [0.15, 0.2) is 0 Å². The van der Waals surface area contributed by atoms with Gasteiger partial charge in [-0.05, 0) is 0 Å². The van der Waals surface area contributed by atoms with E-state index in [-0.39, 0.29) is 0 Å². The Morgan fingerprint density at radius 2 is 1.83 bits per heavy atom. The Bertz CT molecular complexity index is 240. The quantitative estimate of drug-likeness (QED) is 0.291. The molecule has 0 fully saturated rings. The predicted octanol–water partition coefficient (Wildman–Crippen LogP) is 0.345. The third-order valence-corrected chi connectivity index (χ3v) is 2.79. The van der Waals surface area contributed by atoms with Crippen molar-refractivity contribution in [3.8, 4) is 0 Å². The number of nitrogens with zero attached hydrogens (tertiary/aromatic N) is 1. The fourth-order valence-corrected chi connectivity index (χ4v) is 1.30. The third-order valence-electron chi connectivity index (χ3n) is 1.03. The number of rotatable bonds is 4. The number of aliphatic carboxylic acids is 1.